The fourth-order valence-corrected chi connectivity index (χ4v) is 0. The fraction of sp³-hybridized carbons (Fsp3) is 0.333. The molecule has 0 saturated carbocycles. The third kappa shape index (κ3) is 22.9. The van der Waals surface area contributed by atoms with Crippen LogP contribution in [-0.2, 0) is 29.1 Å². The second-order valence-electron chi connectivity index (χ2n) is 1.57. The van der Waals surface area contributed by atoms with Gasteiger partial charge in [-0.3, -0.25) is 0 Å². The Bertz CT molecular complexity index is 157. The van der Waals surface area contributed by atoms with Crippen molar-refractivity contribution in [2.45, 2.75) is 6.92 Å². The van der Waals surface area contributed by atoms with Crippen LogP contribution in [0.5, 0.6) is 0 Å². The first-order valence-corrected chi connectivity index (χ1v) is 2.54. The molecule has 0 saturated heterocycles. The molecule has 0 aromatic rings. The van der Waals surface area contributed by atoms with Gasteiger partial charge in [0.15, 0.2) is 0 Å². The molecule has 0 amide bonds. The largest absolute Gasteiger partial charge is 2.00 e. The smallest absolute Gasteiger partial charge is 0.547 e. The Labute approximate surface area is 81.8 Å². The van der Waals surface area contributed by atoms with Gasteiger partial charge < -0.3 is 19.8 Å². The van der Waals surface area contributed by atoms with Crippen LogP contribution in [0.1, 0.15) is 6.92 Å². The van der Waals surface area contributed by atoms with E-state index in [-0.39, 0.29) is 25.1 Å². The summed E-state index contributed by atoms with van der Waals surface area (Å²) in [5.74, 6) is -2.85. The van der Waals surface area contributed by atoms with E-state index in [2.05, 4.69) is 6.58 Å². The Balaban J connectivity index is -0.000000126. The third-order valence-electron chi connectivity index (χ3n) is 0.458. The first-order valence-electron chi connectivity index (χ1n) is 2.54. The topological polar surface area (TPSA) is 80.3 Å². The first kappa shape index (κ1) is 17.4. The van der Waals surface area contributed by atoms with Crippen molar-refractivity contribution in [3.8, 4) is 0 Å². The van der Waals surface area contributed by atoms with E-state index in [4.69, 9.17) is 9.90 Å². The molecule has 0 aliphatic rings. The molecule has 0 aliphatic carbocycles. The maximum Gasteiger partial charge on any atom is 2.00 e. The Morgan fingerprint density at radius 3 is 1.58 bits per heavy atom. The Morgan fingerprint density at radius 2 is 1.58 bits per heavy atom. The summed E-state index contributed by atoms with van der Waals surface area (Å²) in [5, 5.41) is 18.4. The summed E-state index contributed by atoms with van der Waals surface area (Å²) in [7, 11) is 0. The van der Waals surface area contributed by atoms with Gasteiger partial charge in [-0.2, -0.15) is 0 Å². The minimum absolute atomic E-state index is 0. The van der Waals surface area contributed by atoms with Crippen LogP contribution in [0.25, 0.3) is 0 Å². The number of carbonyl (C=O) groups excluding carboxylic acids is 2. The molecule has 0 bridgehead atoms. The molecular formula is C6H7FO4Zn. The molecule has 0 unspecified atom stereocenters. The van der Waals surface area contributed by atoms with Crippen molar-refractivity contribution in [1.29, 1.82) is 0 Å². The number of carboxylic acid groups (broad SMARTS) is 2. The van der Waals surface area contributed by atoms with Gasteiger partial charge in [0, 0.05) is 0 Å². The van der Waals surface area contributed by atoms with Crippen molar-refractivity contribution in [2.75, 3.05) is 6.67 Å². The van der Waals surface area contributed by atoms with Crippen LogP contribution < -0.4 is 10.2 Å². The molecule has 4 nitrogen and oxygen atoms in total. The van der Waals surface area contributed by atoms with Gasteiger partial charge in [-0.05, 0) is 12.5 Å². The van der Waals surface area contributed by atoms with Crippen molar-refractivity contribution in [3.05, 3.63) is 12.2 Å². The molecule has 0 rings (SSSR count). The van der Waals surface area contributed by atoms with Crippen LogP contribution in [-0.4, -0.2) is 18.6 Å². The van der Waals surface area contributed by atoms with Crippen LogP contribution in [0.2, 0.25) is 0 Å². The fourth-order valence-electron chi connectivity index (χ4n) is 0. The van der Waals surface area contributed by atoms with E-state index in [9.17, 15) is 14.3 Å². The molecule has 0 spiro atoms. The second-order valence-corrected chi connectivity index (χ2v) is 1.57. The van der Waals surface area contributed by atoms with E-state index in [1.165, 1.54) is 6.92 Å². The summed E-state index contributed by atoms with van der Waals surface area (Å²) in [6.07, 6.45) is 0. The molecule has 0 N–H and O–H groups in total. The molecule has 0 heterocycles. The van der Waals surface area contributed by atoms with E-state index >= 15 is 0 Å². The Hall–Kier alpha value is -0.767. The number of alkyl halides is 1. The van der Waals surface area contributed by atoms with Crippen molar-refractivity contribution in [3.63, 3.8) is 0 Å². The van der Waals surface area contributed by atoms with Crippen LogP contribution in [0.4, 0.5) is 4.39 Å². The molecule has 0 fully saturated rings. The van der Waals surface area contributed by atoms with Crippen LogP contribution in [0.15, 0.2) is 12.2 Å². The van der Waals surface area contributed by atoms with Gasteiger partial charge in [0.05, 0.1) is 11.9 Å². The molecule has 6 heteroatoms. The van der Waals surface area contributed by atoms with E-state index in [1.54, 1.807) is 0 Å². The summed E-state index contributed by atoms with van der Waals surface area (Å²) in [4.78, 5) is 18.4. The molecule has 12 heavy (non-hydrogen) atoms. The average molecular weight is 228 g/mol. The maximum absolute atomic E-state index is 10.5. The number of carboxylic acids is 2. The van der Waals surface area contributed by atoms with Crippen LogP contribution >= 0.6 is 0 Å². The Morgan fingerprint density at radius 1 is 1.42 bits per heavy atom. The zero-order chi connectivity index (χ0) is 9.44. The number of carbonyl (C=O) groups is 2. The quantitative estimate of drug-likeness (QED) is 0.404. The number of hydrogen-bond acceptors (Lipinski definition) is 4. The van der Waals surface area contributed by atoms with Gasteiger partial charge in [0.2, 0.25) is 0 Å². The monoisotopic (exact) mass is 226 g/mol. The van der Waals surface area contributed by atoms with Crippen molar-refractivity contribution < 1.29 is 43.7 Å². The number of hydrogen-bond donors (Lipinski definition) is 0. The molecule has 0 aromatic carbocycles. The van der Waals surface area contributed by atoms with Gasteiger partial charge in [-0.1, -0.05) is 6.58 Å². The van der Waals surface area contributed by atoms with Crippen molar-refractivity contribution in [2.24, 2.45) is 0 Å². The summed E-state index contributed by atoms with van der Waals surface area (Å²) in [6.45, 7) is 3.09. The van der Waals surface area contributed by atoms with E-state index in [1.807, 2.05) is 0 Å². The SMILES string of the molecule is C=C(C)C(=O)[O-].O=C([O-])CF.[Zn+2]. The van der Waals surface area contributed by atoms with E-state index in [0.29, 0.717) is 0 Å². The number of halogens is 1. The van der Waals surface area contributed by atoms with Gasteiger partial charge in [0.25, 0.3) is 0 Å². The molecular weight excluding hydrogens is 220 g/mol. The number of rotatable bonds is 2. The van der Waals surface area contributed by atoms with Gasteiger partial charge in [0.1, 0.15) is 6.67 Å². The van der Waals surface area contributed by atoms with Crippen LogP contribution in [0, 0.1) is 0 Å². The van der Waals surface area contributed by atoms with Crippen LogP contribution in [0.3, 0.4) is 0 Å². The normalized spacial score (nSPS) is 6.83. The third-order valence-corrected chi connectivity index (χ3v) is 0.458. The summed E-state index contributed by atoms with van der Waals surface area (Å²) < 4.78 is 10.5. The van der Waals surface area contributed by atoms with Gasteiger partial charge >= 0.3 is 19.5 Å². The molecule has 0 atom stereocenters. The second kappa shape index (κ2) is 10.2. The molecule has 0 aromatic heterocycles. The van der Waals surface area contributed by atoms with Crippen molar-refractivity contribution in [1.82, 2.24) is 0 Å². The van der Waals surface area contributed by atoms with E-state index < -0.39 is 18.6 Å². The summed E-state index contributed by atoms with van der Waals surface area (Å²) in [5.41, 5.74) is 0.0648. The molecule has 64 valence electrons. The zero-order valence-electron chi connectivity index (χ0n) is 6.63. The Kier molecular flexibility index (Phi) is 14.8. The maximum atomic E-state index is 10.5. The minimum Gasteiger partial charge on any atom is -0.547 e. The van der Waals surface area contributed by atoms with Crippen molar-refractivity contribution >= 4 is 11.9 Å². The van der Waals surface area contributed by atoms with E-state index in [0.717, 1.165) is 0 Å². The predicted molar refractivity (Wildman–Crippen MR) is 30.8 cm³/mol. The number of aliphatic carboxylic acids is 2. The van der Waals surface area contributed by atoms with Gasteiger partial charge in [-0.15, -0.1) is 0 Å². The molecule has 0 radical (unpaired) electrons. The summed E-state index contributed by atoms with van der Waals surface area (Å²) in [6, 6.07) is 0. The minimum atomic E-state index is -1.66. The summed E-state index contributed by atoms with van der Waals surface area (Å²) >= 11 is 0. The predicted octanol–water partition coefficient (Wildman–Crippen LogP) is -1.98. The first-order chi connectivity index (χ1) is 4.91. The standard InChI is InChI=1S/C4H6O2.C2H3FO2.Zn/c1-3(2)4(5)6;3-1-2(4)5;/h1H2,2H3,(H,5,6);1H2,(H,4,5);/q;;+2/p-2. The van der Waals surface area contributed by atoms with Gasteiger partial charge in [-0.25, -0.2) is 4.39 Å². The average Bonchev–Trinajstić information content (AvgIpc) is 1.89. The molecule has 0 aliphatic heterocycles. The zero-order valence-corrected chi connectivity index (χ0v) is 9.60.